The third kappa shape index (κ3) is 3.46. The molecule has 0 fully saturated rings. The number of carbonyl (C=O) groups excluding carboxylic acids is 1. The number of aryl methyl sites for hydroxylation is 1. The van der Waals surface area contributed by atoms with E-state index >= 15 is 0 Å². The summed E-state index contributed by atoms with van der Waals surface area (Å²) in [4.78, 5) is 18.1. The van der Waals surface area contributed by atoms with E-state index in [1.165, 1.54) is 0 Å². The molecule has 1 aromatic heterocycles. The molecule has 0 saturated carbocycles. The van der Waals surface area contributed by atoms with Crippen LogP contribution in [0.25, 0.3) is 0 Å². The number of amides is 1. The molecule has 1 heterocycles. The Hall–Kier alpha value is -1.57. The number of aromatic nitrogens is 2. The third-order valence-electron chi connectivity index (χ3n) is 2.49. The fourth-order valence-corrected chi connectivity index (χ4v) is 1.20. The maximum atomic E-state index is 12.4. The predicted molar refractivity (Wildman–Crippen MR) is 58.6 cm³/mol. The van der Waals surface area contributed by atoms with Crippen molar-refractivity contribution in [1.29, 1.82) is 0 Å². The zero-order chi connectivity index (χ0) is 13.8. The van der Waals surface area contributed by atoms with Crippen molar-refractivity contribution in [3.8, 4) is 0 Å². The molecule has 0 radical (unpaired) electrons. The molecule has 0 saturated heterocycles. The van der Waals surface area contributed by atoms with Crippen LogP contribution in [-0.2, 0) is 11.2 Å². The van der Waals surface area contributed by atoms with E-state index < -0.39 is 17.6 Å². The van der Waals surface area contributed by atoms with Gasteiger partial charge in [-0.25, -0.2) is 4.98 Å². The minimum atomic E-state index is -4.77. The van der Waals surface area contributed by atoms with Crippen LogP contribution in [0.5, 0.6) is 0 Å². The van der Waals surface area contributed by atoms with Crippen LogP contribution in [0.1, 0.15) is 19.2 Å². The number of carbonyl (C=O) groups is 1. The molecule has 102 valence electrons. The van der Waals surface area contributed by atoms with Gasteiger partial charge >= 0.3 is 6.18 Å². The van der Waals surface area contributed by atoms with Gasteiger partial charge in [0.05, 0.1) is 0 Å². The van der Waals surface area contributed by atoms with E-state index in [1.807, 2.05) is 0 Å². The number of nitrogens with two attached hydrogens (primary N) is 1. The van der Waals surface area contributed by atoms with Gasteiger partial charge < -0.3 is 16.0 Å². The fraction of sp³-hybridized carbons (Fsp3) is 0.600. The largest absolute Gasteiger partial charge is 0.415 e. The average molecular weight is 264 g/mol. The number of H-pyrrole nitrogens is 1. The van der Waals surface area contributed by atoms with Crippen molar-refractivity contribution in [2.75, 3.05) is 6.54 Å². The van der Waals surface area contributed by atoms with E-state index in [-0.39, 0.29) is 6.54 Å². The standard InChI is InChI=1S/C10H15F3N4O/c1-9(14,10(11,12)13)8(18)17-4-2-3-7-15-5-6-16-7/h5-6H,2-4,14H2,1H3,(H,15,16)(H,17,18). The van der Waals surface area contributed by atoms with E-state index in [0.29, 0.717) is 19.8 Å². The number of nitrogens with zero attached hydrogens (tertiary/aromatic N) is 1. The number of aromatic amines is 1. The van der Waals surface area contributed by atoms with Gasteiger partial charge in [-0.3, -0.25) is 4.79 Å². The molecule has 18 heavy (non-hydrogen) atoms. The summed E-state index contributed by atoms with van der Waals surface area (Å²) in [6.45, 7) is 0.761. The molecule has 1 amide bonds. The number of nitrogens with one attached hydrogen (secondary N) is 2. The molecule has 1 rings (SSSR count). The Morgan fingerprint density at radius 2 is 2.22 bits per heavy atom. The molecule has 1 aromatic rings. The van der Waals surface area contributed by atoms with Gasteiger partial charge in [0.2, 0.25) is 5.91 Å². The first-order valence-electron chi connectivity index (χ1n) is 5.37. The Morgan fingerprint density at radius 1 is 1.56 bits per heavy atom. The first kappa shape index (κ1) is 14.5. The lowest BCUT2D eigenvalue weighted by Crippen LogP contribution is -2.61. The number of halogens is 3. The molecule has 0 aliphatic heterocycles. The maximum Gasteiger partial charge on any atom is 0.415 e. The van der Waals surface area contributed by atoms with Crippen molar-refractivity contribution in [3.05, 3.63) is 18.2 Å². The molecular weight excluding hydrogens is 249 g/mol. The molecule has 0 aliphatic carbocycles. The smallest absolute Gasteiger partial charge is 0.354 e. The normalized spacial score (nSPS) is 15.2. The minimum absolute atomic E-state index is 0.113. The topological polar surface area (TPSA) is 83.8 Å². The van der Waals surface area contributed by atoms with Gasteiger partial charge in [-0.15, -0.1) is 0 Å². The molecule has 5 nitrogen and oxygen atoms in total. The van der Waals surface area contributed by atoms with Gasteiger partial charge in [0.25, 0.3) is 0 Å². The van der Waals surface area contributed by atoms with Gasteiger partial charge in [-0.1, -0.05) is 0 Å². The van der Waals surface area contributed by atoms with Crippen LogP contribution in [0.3, 0.4) is 0 Å². The van der Waals surface area contributed by atoms with Crippen molar-refractivity contribution < 1.29 is 18.0 Å². The zero-order valence-corrected chi connectivity index (χ0v) is 9.84. The van der Waals surface area contributed by atoms with Crippen molar-refractivity contribution in [2.45, 2.75) is 31.5 Å². The SMILES string of the molecule is CC(N)(C(=O)NCCCc1ncc[nH]1)C(F)(F)F. The number of hydrogen-bond donors (Lipinski definition) is 3. The van der Waals surface area contributed by atoms with E-state index in [2.05, 4.69) is 15.3 Å². The average Bonchev–Trinajstić information content (AvgIpc) is 2.75. The van der Waals surface area contributed by atoms with Crippen LogP contribution < -0.4 is 11.1 Å². The second-order valence-corrected chi connectivity index (χ2v) is 4.10. The van der Waals surface area contributed by atoms with E-state index in [0.717, 1.165) is 5.82 Å². The summed E-state index contributed by atoms with van der Waals surface area (Å²) in [5.74, 6) is -0.509. The molecule has 0 aliphatic rings. The highest BCUT2D eigenvalue weighted by atomic mass is 19.4. The summed E-state index contributed by atoms with van der Waals surface area (Å²) in [7, 11) is 0. The summed E-state index contributed by atoms with van der Waals surface area (Å²) < 4.78 is 37.2. The lowest BCUT2D eigenvalue weighted by Gasteiger charge is -2.26. The van der Waals surface area contributed by atoms with Crippen molar-refractivity contribution in [1.82, 2.24) is 15.3 Å². The first-order valence-corrected chi connectivity index (χ1v) is 5.37. The molecule has 0 aromatic carbocycles. The molecule has 1 atom stereocenters. The number of rotatable bonds is 5. The van der Waals surface area contributed by atoms with E-state index in [9.17, 15) is 18.0 Å². The lowest BCUT2D eigenvalue weighted by molar-refractivity contribution is -0.187. The van der Waals surface area contributed by atoms with Crippen LogP contribution >= 0.6 is 0 Å². The van der Waals surface area contributed by atoms with Gasteiger partial charge in [0.1, 0.15) is 5.82 Å². The summed E-state index contributed by atoms with van der Waals surface area (Å²) in [5.41, 5.74) is 2.10. The van der Waals surface area contributed by atoms with E-state index in [4.69, 9.17) is 5.73 Å². The molecule has 0 bridgehead atoms. The Bertz CT molecular complexity index is 386. The highest BCUT2D eigenvalue weighted by Gasteiger charge is 2.53. The number of hydrogen-bond acceptors (Lipinski definition) is 3. The lowest BCUT2D eigenvalue weighted by atomic mass is 10.0. The highest BCUT2D eigenvalue weighted by Crippen LogP contribution is 2.27. The maximum absolute atomic E-state index is 12.4. The van der Waals surface area contributed by atoms with E-state index in [1.54, 1.807) is 12.4 Å². The Morgan fingerprint density at radius 3 is 2.72 bits per heavy atom. The Labute approximate surface area is 102 Å². The van der Waals surface area contributed by atoms with Gasteiger partial charge in [-0.05, 0) is 13.3 Å². The van der Waals surface area contributed by atoms with Crippen LogP contribution in [0.4, 0.5) is 13.2 Å². The molecule has 1 unspecified atom stereocenters. The molecule has 8 heteroatoms. The van der Waals surface area contributed by atoms with Crippen molar-refractivity contribution >= 4 is 5.91 Å². The van der Waals surface area contributed by atoms with Crippen molar-refractivity contribution in [2.24, 2.45) is 5.73 Å². The van der Waals surface area contributed by atoms with Crippen LogP contribution in [-0.4, -0.2) is 34.1 Å². The van der Waals surface area contributed by atoms with Gasteiger partial charge in [0.15, 0.2) is 5.54 Å². The Balaban J connectivity index is 2.33. The zero-order valence-electron chi connectivity index (χ0n) is 9.84. The second-order valence-electron chi connectivity index (χ2n) is 4.10. The Kier molecular flexibility index (Phi) is 4.33. The summed E-state index contributed by atoms with van der Waals surface area (Å²) >= 11 is 0. The number of imidazole rings is 1. The van der Waals surface area contributed by atoms with Gasteiger partial charge in [-0.2, -0.15) is 13.2 Å². The fourth-order valence-electron chi connectivity index (χ4n) is 1.20. The molecule has 0 spiro atoms. The summed E-state index contributed by atoms with van der Waals surface area (Å²) in [6.07, 6.45) is -0.519. The van der Waals surface area contributed by atoms with Crippen LogP contribution in [0.15, 0.2) is 12.4 Å². The second kappa shape index (κ2) is 5.38. The summed E-state index contributed by atoms with van der Waals surface area (Å²) in [5, 5.41) is 2.17. The molecule has 4 N–H and O–H groups in total. The first-order chi connectivity index (χ1) is 8.25. The quantitative estimate of drug-likeness (QED) is 0.686. The predicted octanol–water partition coefficient (Wildman–Crippen LogP) is 0.738. The monoisotopic (exact) mass is 264 g/mol. The summed E-state index contributed by atoms with van der Waals surface area (Å²) in [6, 6.07) is 0. The van der Waals surface area contributed by atoms with Crippen molar-refractivity contribution in [3.63, 3.8) is 0 Å². The molecular formula is C10H15F3N4O. The number of alkyl halides is 3. The third-order valence-corrected chi connectivity index (χ3v) is 2.49. The minimum Gasteiger partial charge on any atom is -0.354 e. The highest BCUT2D eigenvalue weighted by molar-refractivity contribution is 5.86. The van der Waals surface area contributed by atoms with Crippen LogP contribution in [0, 0.1) is 0 Å². The van der Waals surface area contributed by atoms with Crippen LogP contribution in [0.2, 0.25) is 0 Å². The van der Waals surface area contributed by atoms with Gasteiger partial charge in [0, 0.05) is 25.4 Å².